The summed E-state index contributed by atoms with van der Waals surface area (Å²) in [4.78, 5) is 12.2. The molecule has 128 valence electrons. The summed E-state index contributed by atoms with van der Waals surface area (Å²) in [6, 6.07) is 9.96. The lowest BCUT2D eigenvalue weighted by atomic mass is 10.2. The molecule has 0 spiro atoms. The van der Waals surface area contributed by atoms with Crippen LogP contribution in [0.25, 0.3) is 0 Å². The van der Waals surface area contributed by atoms with Crippen LogP contribution >= 0.6 is 11.6 Å². The normalized spacial score (nSPS) is 11.5. The number of benzene rings is 2. The van der Waals surface area contributed by atoms with Crippen LogP contribution in [-0.4, -0.2) is 32.7 Å². The third-order valence-corrected chi connectivity index (χ3v) is 5.49. The Bertz CT molecular complexity index is 869. The highest BCUT2D eigenvalue weighted by atomic mass is 35.5. The molecule has 8 heteroatoms. The van der Waals surface area contributed by atoms with Crippen LogP contribution < -0.4 is 5.32 Å². The number of amides is 1. The van der Waals surface area contributed by atoms with Gasteiger partial charge in [-0.15, -0.1) is 0 Å². The van der Waals surface area contributed by atoms with Crippen molar-refractivity contribution >= 4 is 27.5 Å². The number of sulfonamides is 1. The minimum absolute atomic E-state index is 0.0615. The molecule has 2 rings (SSSR count). The Morgan fingerprint density at radius 1 is 1.21 bits per heavy atom. The van der Waals surface area contributed by atoms with Crippen molar-refractivity contribution in [3.05, 3.63) is 64.4 Å². The molecule has 0 bridgehead atoms. The Balaban J connectivity index is 2.24. The maximum absolute atomic E-state index is 13.7. The van der Waals surface area contributed by atoms with E-state index in [9.17, 15) is 17.6 Å². The first kappa shape index (κ1) is 18.4. The van der Waals surface area contributed by atoms with Gasteiger partial charge in [0, 0.05) is 25.7 Å². The Hall–Kier alpha value is -1.96. The van der Waals surface area contributed by atoms with Crippen LogP contribution in [0.1, 0.15) is 15.9 Å². The van der Waals surface area contributed by atoms with Crippen molar-refractivity contribution in [1.82, 2.24) is 9.62 Å². The first-order chi connectivity index (χ1) is 11.2. The Labute approximate surface area is 145 Å². The fourth-order valence-corrected chi connectivity index (χ4v) is 3.33. The molecule has 0 radical (unpaired) electrons. The lowest BCUT2D eigenvalue weighted by Gasteiger charge is -2.15. The van der Waals surface area contributed by atoms with Gasteiger partial charge in [-0.2, -0.15) is 0 Å². The number of nitrogens with one attached hydrogen (secondary N) is 1. The van der Waals surface area contributed by atoms with Crippen LogP contribution in [0.5, 0.6) is 0 Å². The van der Waals surface area contributed by atoms with E-state index in [2.05, 4.69) is 5.32 Å². The second-order valence-electron chi connectivity index (χ2n) is 5.20. The minimum Gasteiger partial charge on any atom is -0.348 e. The van der Waals surface area contributed by atoms with Gasteiger partial charge in [-0.05, 0) is 29.8 Å². The van der Waals surface area contributed by atoms with Crippen LogP contribution in [0, 0.1) is 5.82 Å². The first-order valence-corrected chi connectivity index (χ1v) is 8.79. The van der Waals surface area contributed by atoms with Crippen molar-refractivity contribution in [2.75, 3.05) is 14.1 Å². The molecule has 0 aliphatic carbocycles. The lowest BCUT2D eigenvalue weighted by molar-refractivity contribution is 0.0946. The number of hydrogen-bond acceptors (Lipinski definition) is 3. The third kappa shape index (κ3) is 3.92. The summed E-state index contributed by atoms with van der Waals surface area (Å²) in [5.41, 5.74) is 0.206. The van der Waals surface area contributed by atoms with E-state index in [4.69, 9.17) is 11.6 Å². The van der Waals surface area contributed by atoms with Crippen molar-refractivity contribution < 1.29 is 17.6 Å². The molecule has 5 nitrogen and oxygen atoms in total. The highest BCUT2D eigenvalue weighted by molar-refractivity contribution is 7.89. The van der Waals surface area contributed by atoms with Crippen molar-refractivity contribution in [3.8, 4) is 0 Å². The van der Waals surface area contributed by atoms with Gasteiger partial charge in [0.25, 0.3) is 5.91 Å². The van der Waals surface area contributed by atoms with Gasteiger partial charge in [-0.3, -0.25) is 4.79 Å². The van der Waals surface area contributed by atoms with Crippen LogP contribution in [0.3, 0.4) is 0 Å². The van der Waals surface area contributed by atoms with E-state index in [0.717, 1.165) is 10.4 Å². The molecule has 1 amide bonds. The molecular formula is C16H16ClFN2O3S. The number of hydrogen-bond donors (Lipinski definition) is 1. The average Bonchev–Trinajstić information content (AvgIpc) is 2.55. The molecule has 24 heavy (non-hydrogen) atoms. The van der Waals surface area contributed by atoms with Crippen LogP contribution in [0.4, 0.5) is 4.39 Å². The summed E-state index contributed by atoms with van der Waals surface area (Å²) in [6.45, 7) is -0.0615. The van der Waals surface area contributed by atoms with E-state index in [-0.39, 0.29) is 22.0 Å². The molecule has 0 saturated heterocycles. The monoisotopic (exact) mass is 370 g/mol. The van der Waals surface area contributed by atoms with Crippen LogP contribution in [0.15, 0.2) is 47.4 Å². The molecule has 0 aliphatic rings. The standard InChI is InChI=1S/C16H16ClFN2O3S/c1-20(2)24(22,23)15-6-4-3-5-11(15)10-19-16(21)13-9-12(17)7-8-14(13)18/h3-9H,10H2,1-2H3,(H,19,21). The number of carbonyl (C=O) groups is 1. The average molecular weight is 371 g/mol. The van der Waals surface area contributed by atoms with Crippen molar-refractivity contribution in [2.24, 2.45) is 0 Å². The van der Waals surface area contributed by atoms with Crippen molar-refractivity contribution in [2.45, 2.75) is 11.4 Å². The van der Waals surface area contributed by atoms with E-state index in [0.29, 0.717) is 5.56 Å². The summed E-state index contributed by atoms with van der Waals surface area (Å²) in [7, 11) is -0.803. The maximum Gasteiger partial charge on any atom is 0.254 e. The smallest absolute Gasteiger partial charge is 0.254 e. The molecule has 1 N–H and O–H groups in total. The molecule has 0 heterocycles. The van der Waals surface area contributed by atoms with Gasteiger partial charge in [0.2, 0.25) is 10.0 Å². The number of rotatable bonds is 5. The molecule has 0 fully saturated rings. The second-order valence-corrected chi connectivity index (χ2v) is 7.76. The fourth-order valence-electron chi connectivity index (χ4n) is 2.04. The molecule has 0 unspecified atom stereocenters. The Kier molecular flexibility index (Phi) is 5.58. The molecular weight excluding hydrogens is 355 g/mol. The van der Waals surface area contributed by atoms with Crippen LogP contribution in [-0.2, 0) is 16.6 Å². The summed E-state index contributed by atoms with van der Waals surface area (Å²) in [5, 5.41) is 2.75. The predicted octanol–water partition coefficient (Wildman–Crippen LogP) is 2.66. The maximum atomic E-state index is 13.7. The zero-order valence-electron chi connectivity index (χ0n) is 13.1. The molecule has 0 saturated carbocycles. The predicted molar refractivity (Wildman–Crippen MR) is 89.9 cm³/mol. The van der Waals surface area contributed by atoms with Gasteiger partial charge in [0.15, 0.2) is 0 Å². The first-order valence-electron chi connectivity index (χ1n) is 6.97. The molecule has 2 aromatic carbocycles. The number of carbonyl (C=O) groups excluding carboxylic acids is 1. The molecule has 0 aromatic heterocycles. The van der Waals surface area contributed by atoms with Crippen molar-refractivity contribution in [1.29, 1.82) is 0 Å². The zero-order valence-corrected chi connectivity index (χ0v) is 14.7. The van der Waals surface area contributed by atoms with Gasteiger partial charge in [0.1, 0.15) is 5.82 Å². The highest BCUT2D eigenvalue weighted by Gasteiger charge is 2.21. The van der Waals surface area contributed by atoms with E-state index in [1.54, 1.807) is 18.2 Å². The topological polar surface area (TPSA) is 66.5 Å². The largest absolute Gasteiger partial charge is 0.348 e. The van der Waals surface area contributed by atoms with E-state index in [1.165, 1.54) is 32.3 Å². The number of nitrogens with zero attached hydrogens (tertiary/aromatic N) is 1. The zero-order chi connectivity index (χ0) is 17.9. The van der Waals surface area contributed by atoms with E-state index in [1.807, 2.05) is 0 Å². The third-order valence-electron chi connectivity index (χ3n) is 3.34. The summed E-state index contributed by atoms with van der Waals surface area (Å²) in [6.07, 6.45) is 0. The Morgan fingerprint density at radius 3 is 2.54 bits per heavy atom. The van der Waals surface area contributed by atoms with E-state index >= 15 is 0 Å². The summed E-state index contributed by atoms with van der Waals surface area (Å²) in [5.74, 6) is -1.38. The van der Waals surface area contributed by atoms with Gasteiger partial charge in [-0.1, -0.05) is 29.8 Å². The minimum atomic E-state index is -3.65. The summed E-state index contributed by atoms with van der Waals surface area (Å²) >= 11 is 5.77. The van der Waals surface area contributed by atoms with Crippen molar-refractivity contribution in [3.63, 3.8) is 0 Å². The molecule has 0 aliphatic heterocycles. The highest BCUT2D eigenvalue weighted by Crippen LogP contribution is 2.19. The van der Waals surface area contributed by atoms with E-state index < -0.39 is 21.7 Å². The number of halogens is 2. The SMILES string of the molecule is CN(C)S(=O)(=O)c1ccccc1CNC(=O)c1cc(Cl)ccc1F. The molecule has 0 atom stereocenters. The van der Waals surface area contributed by atoms with Gasteiger partial charge in [-0.25, -0.2) is 17.1 Å². The molecule has 2 aromatic rings. The van der Waals surface area contributed by atoms with Crippen LogP contribution in [0.2, 0.25) is 5.02 Å². The summed E-state index contributed by atoms with van der Waals surface area (Å²) < 4.78 is 39.4. The van der Waals surface area contributed by atoms with Gasteiger partial charge >= 0.3 is 0 Å². The Morgan fingerprint density at radius 2 is 1.88 bits per heavy atom. The second kappa shape index (κ2) is 7.29. The quantitative estimate of drug-likeness (QED) is 0.879. The van der Waals surface area contributed by atoms with Gasteiger partial charge < -0.3 is 5.32 Å². The fraction of sp³-hybridized carbons (Fsp3) is 0.188. The van der Waals surface area contributed by atoms with Gasteiger partial charge in [0.05, 0.1) is 10.5 Å². The lowest BCUT2D eigenvalue weighted by Crippen LogP contribution is -2.27.